The van der Waals surface area contributed by atoms with Gasteiger partial charge in [0.05, 0.1) is 19.2 Å². The topological polar surface area (TPSA) is 58.6 Å². The monoisotopic (exact) mass is 416 g/mol. The van der Waals surface area contributed by atoms with Crippen LogP contribution in [-0.2, 0) is 9.53 Å². The number of methoxy groups -OCH3 is 1. The number of carbonyl (C=O) groups excluding carboxylic acids is 2. The van der Waals surface area contributed by atoms with Crippen molar-refractivity contribution in [1.29, 1.82) is 0 Å². The average molecular weight is 417 g/mol. The van der Waals surface area contributed by atoms with Crippen LogP contribution in [0.4, 0.5) is 5.69 Å². The molecule has 1 aliphatic rings. The van der Waals surface area contributed by atoms with Gasteiger partial charge in [-0.25, -0.2) is 4.79 Å². The molecule has 1 atom stereocenters. The van der Waals surface area contributed by atoms with Gasteiger partial charge in [-0.2, -0.15) is 0 Å². The summed E-state index contributed by atoms with van der Waals surface area (Å²) in [5, 5.41) is 2.87. The first kappa shape index (κ1) is 18.6. The summed E-state index contributed by atoms with van der Waals surface area (Å²) in [7, 11) is 1.34. The van der Waals surface area contributed by atoms with E-state index in [0.717, 1.165) is 23.9 Å². The molecule has 0 aromatic heterocycles. The lowest BCUT2D eigenvalue weighted by Gasteiger charge is -2.24. The smallest absolute Gasteiger partial charge is 0.337 e. The fourth-order valence-corrected chi connectivity index (χ4v) is 3.75. The lowest BCUT2D eigenvalue weighted by Crippen LogP contribution is -2.33. The van der Waals surface area contributed by atoms with Crippen molar-refractivity contribution in [3.8, 4) is 0 Å². The van der Waals surface area contributed by atoms with Gasteiger partial charge in [0.25, 0.3) is 0 Å². The van der Waals surface area contributed by atoms with Crippen molar-refractivity contribution in [2.24, 2.45) is 0 Å². The molecular formula is C20H21BrN2O3. The van der Waals surface area contributed by atoms with Crippen LogP contribution in [0.2, 0.25) is 0 Å². The summed E-state index contributed by atoms with van der Waals surface area (Å²) in [5.41, 5.74) is 2.23. The fraction of sp³-hybridized carbons (Fsp3) is 0.300. The number of amides is 1. The van der Waals surface area contributed by atoms with Crippen LogP contribution in [0.15, 0.2) is 53.0 Å². The van der Waals surface area contributed by atoms with Crippen LogP contribution in [0, 0.1) is 0 Å². The molecule has 1 fully saturated rings. The third-order valence-corrected chi connectivity index (χ3v) is 5.00. The van der Waals surface area contributed by atoms with Crippen molar-refractivity contribution in [2.45, 2.75) is 18.9 Å². The third-order valence-electron chi connectivity index (χ3n) is 4.51. The van der Waals surface area contributed by atoms with E-state index in [2.05, 4.69) is 38.3 Å². The molecule has 1 aliphatic heterocycles. The highest BCUT2D eigenvalue weighted by molar-refractivity contribution is 9.10. The van der Waals surface area contributed by atoms with Gasteiger partial charge in [0, 0.05) is 16.2 Å². The summed E-state index contributed by atoms with van der Waals surface area (Å²) in [4.78, 5) is 26.3. The summed E-state index contributed by atoms with van der Waals surface area (Å²) in [6.07, 6.45) is 2.11. The second kappa shape index (κ2) is 8.47. The standard InChI is InChI=1S/C20H21BrN2O3/c1-26-20(25)15-6-3-8-17(12-15)22-19(24)13-23-10-4-9-18(23)14-5-2-7-16(21)11-14/h2-3,5-8,11-12,18H,4,9-10,13H2,1H3,(H,22,24). The number of hydrogen-bond acceptors (Lipinski definition) is 4. The lowest BCUT2D eigenvalue weighted by molar-refractivity contribution is -0.117. The number of hydrogen-bond donors (Lipinski definition) is 1. The van der Waals surface area contributed by atoms with Crippen molar-refractivity contribution in [2.75, 3.05) is 25.5 Å². The van der Waals surface area contributed by atoms with E-state index >= 15 is 0 Å². The van der Waals surface area contributed by atoms with Crippen LogP contribution >= 0.6 is 15.9 Å². The highest BCUT2D eigenvalue weighted by Crippen LogP contribution is 2.32. The van der Waals surface area contributed by atoms with Crippen LogP contribution in [-0.4, -0.2) is 37.0 Å². The summed E-state index contributed by atoms with van der Waals surface area (Å²) in [5.74, 6) is -0.510. The largest absolute Gasteiger partial charge is 0.465 e. The Balaban J connectivity index is 1.65. The van der Waals surface area contributed by atoms with Crippen molar-refractivity contribution in [3.05, 3.63) is 64.1 Å². The molecule has 2 aromatic rings. The highest BCUT2D eigenvalue weighted by Gasteiger charge is 2.27. The minimum Gasteiger partial charge on any atom is -0.465 e. The molecule has 0 aliphatic carbocycles. The summed E-state index contributed by atoms with van der Waals surface area (Å²) in [6, 6.07) is 15.3. The maximum Gasteiger partial charge on any atom is 0.337 e. The zero-order valence-electron chi connectivity index (χ0n) is 14.6. The molecule has 26 heavy (non-hydrogen) atoms. The number of carbonyl (C=O) groups is 2. The van der Waals surface area contributed by atoms with Gasteiger partial charge < -0.3 is 10.1 Å². The van der Waals surface area contributed by atoms with Gasteiger partial charge >= 0.3 is 5.97 Å². The summed E-state index contributed by atoms with van der Waals surface area (Å²) >= 11 is 3.51. The molecule has 1 heterocycles. The van der Waals surface area contributed by atoms with E-state index in [4.69, 9.17) is 4.74 Å². The van der Waals surface area contributed by atoms with E-state index < -0.39 is 5.97 Å². The van der Waals surface area contributed by atoms with Crippen LogP contribution in [0.5, 0.6) is 0 Å². The van der Waals surface area contributed by atoms with Crippen molar-refractivity contribution < 1.29 is 14.3 Å². The predicted octanol–water partition coefficient (Wildman–Crippen LogP) is 4.01. The molecule has 6 heteroatoms. The van der Waals surface area contributed by atoms with Gasteiger partial charge in [0.2, 0.25) is 5.91 Å². The SMILES string of the molecule is COC(=O)c1cccc(NC(=O)CN2CCCC2c2cccc(Br)c2)c1. The molecule has 0 saturated carbocycles. The zero-order valence-corrected chi connectivity index (χ0v) is 16.2. The van der Waals surface area contributed by atoms with Gasteiger partial charge in [-0.05, 0) is 55.3 Å². The number of anilines is 1. The number of ether oxygens (including phenoxy) is 1. The van der Waals surface area contributed by atoms with E-state index in [1.807, 2.05) is 12.1 Å². The second-order valence-corrected chi connectivity index (χ2v) is 7.22. The average Bonchev–Trinajstić information content (AvgIpc) is 3.09. The first-order valence-corrected chi connectivity index (χ1v) is 9.34. The molecule has 1 amide bonds. The van der Waals surface area contributed by atoms with E-state index in [-0.39, 0.29) is 11.9 Å². The van der Waals surface area contributed by atoms with Gasteiger partial charge in [-0.15, -0.1) is 0 Å². The minimum absolute atomic E-state index is 0.0890. The molecule has 1 unspecified atom stereocenters. The first-order valence-electron chi connectivity index (χ1n) is 8.54. The Labute approximate surface area is 161 Å². The van der Waals surface area contributed by atoms with Crippen LogP contribution in [0.1, 0.15) is 34.8 Å². The molecule has 5 nitrogen and oxygen atoms in total. The van der Waals surface area contributed by atoms with Crippen LogP contribution in [0.25, 0.3) is 0 Å². The van der Waals surface area contributed by atoms with Crippen molar-refractivity contribution >= 4 is 33.5 Å². The Kier molecular flexibility index (Phi) is 6.06. The van der Waals surface area contributed by atoms with Crippen LogP contribution in [0.3, 0.4) is 0 Å². The second-order valence-electron chi connectivity index (χ2n) is 6.30. The number of esters is 1. The highest BCUT2D eigenvalue weighted by atomic mass is 79.9. The molecule has 2 aromatic carbocycles. The van der Waals surface area contributed by atoms with E-state index in [1.165, 1.54) is 12.7 Å². The number of halogens is 1. The number of rotatable bonds is 5. The molecule has 0 bridgehead atoms. The number of nitrogens with one attached hydrogen (secondary N) is 1. The Morgan fingerprint density at radius 2 is 2.04 bits per heavy atom. The maximum atomic E-state index is 12.5. The van der Waals surface area contributed by atoms with E-state index in [0.29, 0.717) is 17.8 Å². The van der Waals surface area contributed by atoms with Gasteiger partial charge in [0.1, 0.15) is 0 Å². The summed E-state index contributed by atoms with van der Waals surface area (Å²) in [6.45, 7) is 1.21. The Morgan fingerprint density at radius 1 is 1.23 bits per heavy atom. The predicted molar refractivity (Wildman–Crippen MR) is 104 cm³/mol. The maximum absolute atomic E-state index is 12.5. The Morgan fingerprint density at radius 3 is 2.81 bits per heavy atom. The van der Waals surface area contributed by atoms with Crippen molar-refractivity contribution in [1.82, 2.24) is 4.90 Å². The number of likely N-dealkylation sites (tertiary alicyclic amines) is 1. The summed E-state index contributed by atoms with van der Waals surface area (Å²) < 4.78 is 5.76. The molecular weight excluding hydrogens is 396 g/mol. The first-order chi connectivity index (χ1) is 12.6. The minimum atomic E-state index is -0.421. The lowest BCUT2D eigenvalue weighted by atomic mass is 10.0. The number of nitrogens with zero attached hydrogens (tertiary/aromatic N) is 1. The van der Waals surface area contributed by atoms with E-state index in [1.54, 1.807) is 24.3 Å². The zero-order chi connectivity index (χ0) is 18.5. The number of benzene rings is 2. The van der Waals surface area contributed by atoms with Gasteiger partial charge in [0.15, 0.2) is 0 Å². The molecule has 136 valence electrons. The molecule has 1 N–H and O–H groups in total. The molecule has 1 saturated heterocycles. The third kappa shape index (κ3) is 4.51. The Bertz CT molecular complexity index is 809. The molecule has 0 radical (unpaired) electrons. The fourth-order valence-electron chi connectivity index (χ4n) is 3.33. The molecule has 0 spiro atoms. The van der Waals surface area contributed by atoms with E-state index in [9.17, 15) is 9.59 Å². The normalized spacial score (nSPS) is 17.1. The van der Waals surface area contributed by atoms with Gasteiger partial charge in [-0.3, -0.25) is 9.69 Å². The quantitative estimate of drug-likeness (QED) is 0.747. The Hall–Kier alpha value is -2.18. The van der Waals surface area contributed by atoms with Gasteiger partial charge in [-0.1, -0.05) is 34.1 Å². The van der Waals surface area contributed by atoms with Crippen LogP contribution < -0.4 is 5.32 Å². The molecule has 3 rings (SSSR count). The van der Waals surface area contributed by atoms with Crippen molar-refractivity contribution in [3.63, 3.8) is 0 Å².